The quantitative estimate of drug-likeness (QED) is 0.866. The van der Waals surface area contributed by atoms with Crippen molar-refractivity contribution >= 4 is 17.3 Å². The third-order valence-electron chi connectivity index (χ3n) is 4.89. The Balaban J connectivity index is 1.52. The molecule has 1 fully saturated rings. The first-order chi connectivity index (χ1) is 12.2. The monoisotopic (exact) mass is 340 g/mol. The number of amides is 1. The first-order valence-corrected chi connectivity index (χ1v) is 8.77. The highest BCUT2D eigenvalue weighted by Gasteiger charge is 2.29. The molecule has 0 unspecified atom stereocenters. The highest BCUT2D eigenvalue weighted by molar-refractivity contribution is 5.93. The largest absolute Gasteiger partial charge is 0.497 e. The second-order valence-corrected chi connectivity index (χ2v) is 6.42. The van der Waals surface area contributed by atoms with Crippen LogP contribution < -0.4 is 19.9 Å². The van der Waals surface area contributed by atoms with Gasteiger partial charge in [0, 0.05) is 11.4 Å². The number of nitrogens with zero attached hydrogens (tertiary/aromatic N) is 1. The lowest BCUT2D eigenvalue weighted by atomic mass is 10.2. The van der Waals surface area contributed by atoms with Crippen molar-refractivity contribution in [3.8, 4) is 5.75 Å². The second-order valence-electron chi connectivity index (χ2n) is 6.42. The van der Waals surface area contributed by atoms with E-state index in [2.05, 4.69) is 34.5 Å². The lowest BCUT2D eigenvalue weighted by molar-refractivity contribution is -0.914. The third-order valence-corrected chi connectivity index (χ3v) is 4.89. The summed E-state index contributed by atoms with van der Waals surface area (Å²) in [6, 6.07) is 17.8. The van der Waals surface area contributed by atoms with E-state index in [0.29, 0.717) is 0 Å². The van der Waals surface area contributed by atoms with Gasteiger partial charge in [-0.3, -0.25) is 4.79 Å². The predicted octanol–water partition coefficient (Wildman–Crippen LogP) is 1.43. The van der Waals surface area contributed by atoms with Crippen molar-refractivity contribution in [3.63, 3.8) is 0 Å². The summed E-state index contributed by atoms with van der Waals surface area (Å²) in [4.78, 5) is 16.3. The smallest absolute Gasteiger partial charge is 0.282 e. The minimum atomic E-state index is -0.0694. The van der Waals surface area contributed by atoms with Gasteiger partial charge in [0.1, 0.15) is 5.75 Å². The third kappa shape index (κ3) is 4.31. The van der Waals surface area contributed by atoms with E-state index < -0.39 is 0 Å². The summed E-state index contributed by atoms with van der Waals surface area (Å²) in [7, 11) is 1.63. The highest BCUT2D eigenvalue weighted by Crippen LogP contribution is 2.15. The van der Waals surface area contributed by atoms with Gasteiger partial charge in [0.2, 0.25) is 0 Å². The minimum absolute atomic E-state index is 0.0633. The first kappa shape index (κ1) is 17.3. The van der Waals surface area contributed by atoms with Crippen molar-refractivity contribution < 1.29 is 14.4 Å². The van der Waals surface area contributed by atoms with Gasteiger partial charge < -0.3 is 19.9 Å². The van der Waals surface area contributed by atoms with Crippen molar-refractivity contribution in [3.05, 3.63) is 54.6 Å². The Kier molecular flexibility index (Phi) is 5.56. The first-order valence-electron chi connectivity index (χ1n) is 8.77. The lowest BCUT2D eigenvalue weighted by Crippen LogP contribution is -3.19. The topological polar surface area (TPSA) is 46.0 Å². The average Bonchev–Trinajstić information content (AvgIpc) is 2.69. The van der Waals surface area contributed by atoms with Crippen LogP contribution in [0.4, 0.5) is 11.4 Å². The van der Waals surface area contributed by atoms with E-state index in [9.17, 15) is 4.79 Å². The number of hydrogen-bond acceptors (Lipinski definition) is 3. The predicted molar refractivity (Wildman–Crippen MR) is 100 cm³/mol. The zero-order valence-corrected chi connectivity index (χ0v) is 14.9. The van der Waals surface area contributed by atoms with Crippen LogP contribution in [0.1, 0.15) is 6.92 Å². The molecule has 0 saturated carbocycles. The van der Waals surface area contributed by atoms with Crippen LogP contribution in [-0.2, 0) is 4.79 Å². The maximum atomic E-state index is 12.5. The molecule has 2 aromatic rings. The van der Waals surface area contributed by atoms with Gasteiger partial charge in [0.15, 0.2) is 6.04 Å². The van der Waals surface area contributed by atoms with E-state index in [0.717, 1.165) is 37.6 Å². The average molecular weight is 340 g/mol. The number of ether oxygens (including phenoxy) is 1. The van der Waals surface area contributed by atoms with Gasteiger partial charge in [0.25, 0.3) is 5.91 Å². The van der Waals surface area contributed by atoms with Crippen LogP contribution >= 0.6 is 0 Å². The van der Waals surface area contributed by atoms with Crippen LogP contribution in [0.25, 0.3) is 0 Å². The van der Waals surface area contributed by atoms with Crippen LogP contribution in [0.5, 0.6) is 5.75 Å². The Labute approximate surface area is 149 Å². The normalized spacial score (nSPS) is 16.3. The molecule has 2 aromatic carbocycles. The minimum Gasteiger partial charge on any atom is -0.497 e. The van der Waals surface area contributed by atoms with Crippen LogP contribution in [0.15, 0.2) is 54.6 Å². The van der Waals surface area contributed by atoms with E-state index in [4.69, 9.17) is 4.74 Å². The number of quaternary nitrogens is 1. The molecule has 0 bridgehead atoms. The number of anilines is 2. The molecule has 0 aromatic heterocycles. The second kappa shape index (κ2) is 8.03. The van der Waals surface area contributed by atoms with Gasteiger partial charge in [-0.2, -0.15) is 0 Å². The molecule has 25 heavy (non-hydrogen) atoms. The molecule has 1 amide bonds. The molecule has 132 valence electrons. The summed E-state index contributed by atoms with van der Waals surface area (Å²) in [5.41, 5.74) is 2.07. The molecule has 3 rings (SSSR count). The number of hydrogen-bond donors (Lipinski definition) is 2. The van der Waals surface area contributed by atoms with E-state index >= 15 is 0 Å². The number of rotatable bonds is 5. The molecule has 1 aliphatic heterocycles. The fourth-order valence-electron chi connectivity index (χ4n) is 3.23. The van der Waals surface area contributed by atoms with E-state index in [-0.39, 0.29) is 11.9 Å². The van der Waals surface area contributed by atoms with E-state index in [1.807, 2.05) is 37.3 Å². The van der Waals surface area contributed by atoms with Crippen molar-refractivity contribution in [2.24, 2.45) is 0 Å². The van der Waals surface area contributed by atoms with Crippen molar-refractivity contribution in [1.29, 1.82) is 0 Å². The number of carbonyl (C=O) groups excluding carboxylic acids is 1. The number of nitrogens with one attached hydrogen (secondary N) is 2. The van der Waals surface area contributed by atoms with E-state index in [1.54, 1.807) is 7.11 Å². The van der Waals surface area contributed by atoms with Gasteiger partial charge in [0.05, 0.1) is 33.3 Å². The highest BCUT2D eigenvalue weighted by atomic mass is 16.5. The van der Waals surface area contributed by atoms with Crippen LogP contribution in [0.2, 0.25) is 0 Å². The zero-order chi connectivity index (χ0) is 17.6. The standard InChI is InChI=1S/C20H25N3O2/c1-16(20(24)21-17-8-10-19(25-2)11-9-17)22-12-14-23(15-13-22)18-6-4-3-5-7-18/h3-11,16H,12-15H2,1-2H3,(H,21,24)/p+1/t16-/m1/s1. The number of carbonyl (C=O) groups is 1. The van der Waals surface area contributed by atoms with Gasteiger partial charge in [-0.15, -0.1) is 0 Å². The molecule has 0 spiro atoms. The Morgan fingerprint density at radius 3 is 2.32 bits per heavy atom. The van der Waals surface area contributed by atoms with Crippen molar-refractivity contribution in [1.82, 2.24) is 0 Å². The van der Waals surface area contributed by atoms with Crippen molar-refractivity contribution in [2.45, 2.75) is 13.0 Å². The summed E-state index contributed by atoms with van der Waals surface area (Å²) < 4.78 is 5.14. The van der Waals surface area contributed by atoms with Crippen LogP contribution in [0, 0.1) is 0 Å². The van der Waals surface area contributed by atoms with Gasteiger partial charge in [-0.25, -0.2) is 0 Å². The van der Waals surface area contributed by atoms with Crippen LogP contribution in [0.3, 0.4) is 0 Å². The molecular weight excluding hydrogens is 314 g/mol. The Hall–Kier alpha value is -2.53. The molecular formula is C20H26N3O2+. The number of para-hydroxylation sites is 1. The fourth-order valence-corrected chi connectivity index (χ4v) is 3.23. The van der Waals surface area contributed by atoms with E-state index in [1.165, 1.54) is 10.6 Å². The molecule has 0 aliphatic carbocycles. The lowest BCUT2D eigenvalue weighted by Gasteiger charge is -2.36. The maximum Gasteiger partial charge on any atom is 0.282 e. The Bertz CT molecular complexity index is 680. The molecule has 1 saturated heterocycles. The molecule has 5 nitrogen and oxygen atoms in total. The fraction of sp³-hybridized carbons (Fsp3) is 0.350. The maximum absolute atomic E-state index is 12.5. The molecule has 1 atom stereocenters. The van der Waals surface area contributed by atoms with Crippen LogP contribution in [-0.4, -0.2) is 45.2 Å². The Morgan fingerprint density at radius 1 is 1.08 bits per heavy atom. The molecule has 0 radical (unpaired) electrons. The van der Waals surface area contributed by atoms with Gasteiger partial charge >= 0.3 is 0 Å². The summed E-state index contributed by atoms with van der Waals surface area (Å²) >= 11 is 0. The molecule has 1 aliphatic rings. The summed E-state index contributed by atoms with van der Waals surface area (Å²) in [6.45, 7) is 5.88. The summed E-state index contributed by atoms with van der Waals surface area (Å²) in [5, 5.41) is 3.00. The molecule has 2 N–H and O–H groups in total. The summed E-state index contributed by atoms with van der Waals surface area (Å²) in [6.07, 6.45) is 0. The molecule has 5 heteroatoms. The number of methoxy groups -OCH3 is 1. The SMILES string of the molecule is COc1ccc(NC(=O)[C@@H](C)[NH+]2CCN(c3ccccc3)CC2)cc1. The zero-order valence-electron chi connectivity index (χ0n) is 14.9. The van der Waals surface area contributed by atoms with Gasteiger partial charge in [-0.05, 0) is 43.3 Å². The van der Waals surface area contributed by atoms with Gasteiger partial charge in [-0.1, -0.05) is 18.2 Å². The van der Waals surface area contributed by atoms with Crippen molar-refractivity contribution in [2.75, 3.05) is 43.5 Å². The Morgan fingerprint density at radius 2 is 1.72 bits per heavy atom. The molecule has 1 heterocycles. The number of benzene rings is 2. The number of piperazine rings is 1. The summed E-state index contributed by atoms with van der Waals surface area (Å²) in [5.74, 6) is 0.849.